The van der Waals surface area contributed by atoms with Crippen molar-refractivity contribution in [2.75, 3.05) is 11.1 Å². The van der Waals surface area contributed by atoms with E-state index in [2.05, 4.69) is 65.5 Å². The van der Waals surface area contributed by atoms with Gasteiger partial charge in [0, 0.05) is 23.0 Å². The lowest BCUT2D eigenvalue weighted by Crippen LogP contribution is -2.04. The number of hydrogen-bond acceptors (Lipinski definition) is 5. The number of nitrogens with one attached hydrogen (secondary N) is 1. The average molecular weight is 343 g/mol. The number of fused-ring (bicyclic) bond motifs is 1. The number of nitrogens with zero attached hydrogens (tertiary/aromatic N) is 3. The molecule has 0 bridgehead atoms. The van der Waals surface area contributed by atoms with Gasteiger partial charge in [-0.1, -0.05) is 38.1 Å². The largest absolute Gasteiger partial charge is 0.368 e. The molecule has 1 aliphatic rings. The molecule has 4 rings (SSSR count). The van der Waals surface area contributed by atoms with Crippen molar-refractivity contribution in [2.24, 2.45) is 4.99 Å². The molecule has 1 aliphatic heterocycles. The highest BCUT2D eigenvalue weighted by Gasteiger charge is 2.18. The zero-order valence-electron chi connectivity index (χ0n) is 14.9. The topological polar surface area (TPSA) is 76.2 Å². The van der Waals surface area contributed by atoms with Gasteiger partial charge in [-0.15, -0.1) is 0 Å². The van der Waals surface area contributed by atoms with E-state index in [0.29, 0.717) is 11.7 Å². The van der Waals surface area contributed by atoms with E-state index in [9.17, 15) is 0 Å². The van der Waals surface area contributed by atoms with Crippen LogP contribution in [0.3, 0.4) is 0 Å². The molecule has 0 radical (unpaired) electrons. The smallest absolute Gasteiger partial charge is 0.221 e. The summed E-state index contributed by atoms with van der Waals surface area (Å²) in [6.07, 6.45) is 1.64. The van der Waals surface area contributed by atoms with Crippen molar-refractivity contribution >= 4 is 23.2 Å². The monoisotopic (exact) mass is 343 g/mol. The first-order chi connectivity index (χ1) is 12.6. The molecule has 0 aliphatic carbocycles. The molecule has 130 valence electrons. The molecule has 5 heteroatoms. The van der Waals surface area contributed by atoms with Crippen LogP contribution in [0.15, 0.2) is 59.7 Å². The van der Waals surface area contributed by atoms with E-state index in [1.54, 1.807) is 12.3 Å². The summed E-state index contributed by atoms with van der Waals surface area (Å²) in [5.41, 5.74) is 12.6. The van der Waals surface area contributed by atoms with Crippen molar-refractivity contribution in [1.29, 1.82) is 0 Å². The molecule has 0 fully saturated rings. The van der Waals surface area contributed by atoms with Crippen molar-refractivity contribution in [2.45, 2.75) is 26.3 Å². The van der Waals surface area contributed by atoms with Crippen LogP contribution in [0.2, 0.25) is 0 Å². The Balaban J connectivity index is 1.66. The molecule has 3 aromatic rings. The van der Waals surface area contributed by atoms with Crippen LogP contribution >= 0.6 is 0 Å². The second-order valence-electron chi connectivity index (χ2n) is 6.74. The molecule has 0 unspecified atom stereocenters. The second-order valence-corrected chi connectivity index (χ2v) is 6.74. The molecule has 0 saturated heterocycles. The maximum absolute atomic E-state index is 5.66. The van der Waals surface area contributed by atoms with E-state index in [0.717, 1.165) is 23.5 Å². The van der Waals surface area contributed by atoms with Gasteiger partial charge >= 0.3 is 0 Å². The normalized spacial score (nSPS) is 12.8. The number of nitrogens with two attached hydrogens (primary N) is 1. The summed E-state index contributed by atoms with van der Waals surface area (Å²) in [5, 5.41) is 3.29. The molecule has 0 saturated carbocycles. The van der Waals surface area contributed by atoms with Gasteiger partial charge in [-0.25, -0.2) is 4.98 Å². The SMILES string of the molecule is CC(C)c1cccc(C2=NCc3ccc(Nc4ccnc(N)n4)cc32)c1. The highest BCUT2D eigenvalue weighted by Crippen LogP contribution is 2.28. The van der Waals surface area contributed by atoms with Crippen LogP contribution in [0.4, 0.5) is 17.5 Å². The first-order valence-corrected chi connectivity index (χ1v) is 8.74. The maximum Gasteiger partial charge on any atom is 0.221 e. The summed E-state index contributed by atoms with van der Waals surface area (Å²) < 4.78 is 0. The highest BCUT2D eigenvalue weighted by atomic mass is 15.1. The van der Waals surface area contributed by atoms with Crippen molar-refractivity contribution < 1.29 is 0 Å². The number of aliphatic imine (C=N–C) groups is 1. The summed E-state index contributed by atoms with van der Waals surface area (Å²) in [6.45, 7) is 5.13. The van der Waals surface area contributed by atoms with Gasteiger partial charge in [0.2, 0.25) is 5.95 Å². The zero-order chi connectivity index (χ0) is 18.1. The molecule has 26 heavy (non-hydrogen) atoms. The Hall–Kier alpha value is -3.21. The Morgan fingerprint density at radius 2 is 1.96 bits per heavy atom. The minimum absolute atomic E-state index is 0.254. The summed E-state index contributed by atoms with van der Waals surface area (Å²) >= 11 is 0. The van der Waals surface area contributed by atoms with Gasteiger partial charge in [-0.05, 0) is 41.3 Å². The molecule has 2 aromatic carbocycles. The van der Waals surface area contributed by atoms with Crippen LogP contribution in [0.25, 0.3) is 0 Å². The van der Waals surface area contributed by atoms with Crippen LogP contribution in [-0.4, -0.2) is 15.7 Å². The third kappa shape index (κ3) is 3.16. The van der Waals surface area contributed by atoms with E-state index >= 15 is 0 Å². The van der Waals surface area contributed by atoms with Gasteiger partial charge < -0.3 is 11.1 Å². The third-order valence-corrected chi connectivity index (χ3v) is 4.55. The minimum Gasteiger partial charge on any atom is -0.368 e. The van der Waals surface area contributed by atoms with Crippen LogP contribution < -0.4 is 11.1 Å². The minimum atomic E-state index is 0.254. The van der Waals surface area contributed by atoms with Gasteiger partial charge in [0.1, 0.15) is 5.82 Å². The third-order valence-electron chi connectivity index (χ3n) is 4.55. The summed E-state index contributed by atoms with van der Waals surface area (Å²) in [5.74, 6) is 1.42. The Morgan fingerprint density at radius 1 is 1.08 bits per heavy atom. The standard InChI is InChI=1S/C21H21N5/c1-13(2)14-4-3-5-15(10-14)20-18-11-17(7-6-16(18)12-24-20)25-19-8-9-23-21(22)26-19/h3-11,13H,12H2,1-2H3,(H3,22,23,25,26). The summed E-state index contributed by atoms with van der Waals surface area (Å²) in [6, 6.07) is 16.7. The first kappa shape index (κ1) is 16.3. The quantitative estimate of drug-likeness (QED) is 0.741. The number of benzene rings is 2. The number of hydrogen-bond donors (Lipinski definition) is 2. The molecule has 0 spiro atoms. The predicted octanol–water partition coefficient (Wildman–Crippen LogP) is 4.28. The fraction of sp³-hybridized carbons (Fsp3) is 0.190. The Kier molecular flexibility index (Phi) is 4.13. The average Bonchev–Trinajstić information content (AvgIpc) is 3.05. The summed E-state index contributed by atoms with van der Waals surface area (Å²) in [4.78, 5) is 12.9. The van der Waals surface area contributed by atoms with Crippen LogP contribution in [0, 0.1) is 0 Å². The van der Waals surface area contributed by atoms with Crippen molar-refractivity contribution in [3.63, 3.8) is 0 Å². The van der Waals surface area contributed by atoms with E-state index in [-0.39, 0.29) is 5.95 Å². The van der Waals surface area contributed by atoms with E-state index in [1.807, 2.05) is 6.07 Å². The van der Waals surface area contributed by atoms with Crippen molar-refractivity contribution in [3.8, 4) is 0 Å². The highest BCUT2D eigenvalue weighted by molar-refractivity contribution is 6.15. The number of aromatic nitrogens is 2. The van der Waals surface area contributed by atoms with Gasteiger partial charge in [0.15, 0.2) is 0 Å². The second kappa shape index (κ2) is 6.59. The molecule has 0 amide bonds. The molecule has 2 heterocycles. The number of rotatable bonds is 4. The maximum atomic E-state index is 5.66. The fourth-order valence-electron chi connectivity index (χ4n) is 3.15. The van der Waals surface area contributed by atoms with Crippen molar-refractivity contribution in [3.05, 3.63) is 77.0 Å². The molecular formula is C21H21N5. The molecule has 1 aromatic heterocycles. The molecule has 5 nitrogen and oxygen atoms in total. The molecule has 0 atom stereocenters. The van der Waals surface area contributed by atoms with Gasteiger partial charge in [-0.3, -0.25) is 4.99 Å². The Labute approximate surface area is 153 Å². The van der Waals surface area contributed by atoms with Gasteiger partial charge in [0.05, 0.1) is 12.3 Å². The number of nitrogen functional groups attached to an aromatic ring is 1. The van der Waals surface area contributed by atoms with Crippen LogP contribution in [0.5, 0.6) is 0 Å². The van der Waals surface area contributed by atoms with Crippen molar-refractivity contribution in [1.82, 2.24) is 9.97 Å². The first-order valence-electron chi connectivity index (χ1n) is 8.74. The Bertz CT molecular complexity index is 991. The summed E-state index contributed by atoms with van der Waals surface area (Å²) in [7, 11) is 0. The number of anilines is 3. The lowest BCUT2D eigenvalue weighted by molar-refractivity contribution is 0.866. The molecular weight excluding hydrogens is 322 g/mol. The fourth-order valence-corrected chi connectivity index (χ4v) is 3.15. The van der Waals surface area contributed by atoms with Crippen LogP contribution in [-0.2, 0) is 6.54 Å². The zero-order valence-corrected chi connectivity index (χ0v) is 14.9. The van der Waals surface area contributed by atoms with E-state index < -0.39 is 0 Å². The lowest BCUT2D eigenvalue weighted by atomic mass is 9.95. The predicted molar refractivity (Wildman–Crippen MR) is 106 cm³/mol. The lowest BCUT2D eigenvalue weighted by Gasteiger charge is -2.11. The van der Waals surface area contributed by atoms with Gasteiger partial charge in [-0.2, -0.15) is 4.98 Å². The molecule has 3 N–H and O–H groups in total. The van der Waals surface area contributed by atoms with Crippen LogP contribution in [0.1, 0.15) is 42.0 Å². The van der Waals surface area contributed by atoms with E-state index in [1.165, 1.54) is 16.7 Å². The van der Waals surface area contributed by atoms with E-state index in [4.69, 9.17) is 10.7 Å². The van der Waals surface area contributed by atoms with Gasteiger partial charge in [0.25, 0.3) is 0 Å². The Morgan fingerprint density at radius 3 is 2.77 bits per heavy atom.